The van der Waals surface area contributed by atoms with E-state index in [4.69, 9.17) is 9.47 Å². The lowest BCUT2D eigenvalue weighted by Crippen LogP contribution is -2.28. The number of benzene rings is 1. The minimum atomic E-state index is -3.95. The summed E-state index contributed by atoms with van der Waals surface area (Å²) in [6.45, 7) is 3.18. The van der Waals surface area contributed by atoms with Crippen LogP contribution in [0.25, 0.3) is 17.1 Å². The lowest BCUT2D eigenvalue weighted by molar-refractivity contribution is 0.170. The minimum absolute atomic E-state index is 0.116. The average Bonchev–Trinajstić information content (AvgIpc) is 3.30. The average molecular weight is 511 g/mol. The Bertz CT molecular complexity index is 1420. The number of ether oxygens (including phenoxy) is 2. The third-order valence-electron chi connectivity index (χ3n) is 5.74. The Kier molecular flexibility index (Phi) is 7.27. The zero-order valence-electron chi connectivity index (χ0n) is 20.2. The van der Waals surface area contributed by atoms with Gasteiger partial charge in [0.1, 0.15) is 29.0 Å². The Morgan fingerprint density at radius 2 is 1.69 bits per heavy atom. The highest BCUT2D eigenvalue weighted by Gasteiger charge is 2.33. The molecule has 0 spiro atoms. The summed E-state index contributed by atoms with van der Waals surface area (Å²) >= 11 is 0. The van der Waals surface area contributed by atoms with Gasteiger partial charge in [-0.05, 0) is 50.2 Å². The van der Waals surface area contributed by atoms with Crippen LogP contribution < -0.4 is 9.47 Å². The summed E-state index contributed by atoms with van der Waals surface area (Å²) in [5.74, 6) is 0.820. The molecule has 188 valence electrons. The molecule has 1 N–H and O–H groups in total. The molecule has 0 saturated heterocycles. The van der Waals surface area contributed by atoms with Crippen LogP contribution in [0.3, 0.4) is 0 Å². The molecule has 11 nitrogen and oxygen atoms in total. The Labute approximate surface area is 208 Å². The molecule has 12 heteroatoms. The Morgan fingerprint density at radius 1 is 0.972 bits per heavy atom. The van der Waals surface area contributed by atoms with E-state index < -0.39 is 26.9 Å². The molecule has 3 heterocycles. The van der Waals surface area contributed by atoms with E-state index in [1.54, 1.807) is 66.3 Å². The third kappa shape index (κ3) is 4.90. The van der Waals surface area contributed by atoms with Gasteiger partial charge in [0.15, 0.2) is 21.5 Å². The minimum Gasteiger partial charge on any atom is -0.494 e. The molecule has 0 aliphatic rings. The SMILES string of the molecule is COc1cccc(OC)c1-n1c(CS(=O)(=O)[C@H](C)[C@@H](O)c2ccc(C)nn2)nnc1-c1cccnc1. The fourth-order valence-corrected chi connectivity index (χ4v) is 5.04. The maximum atomic E-state index is 13.5. The van der Waals surface area contributed by atoms with Gasteiger partial charge in [-0.2, -0.15) is 10.2 Å². The number of aliphatic hydroxyl groups excluding tert-OH is 1. The first-order valence-electron chi connectivity index (χ1n) is 11.0. The van der Waals surface area contributed by atoms with Crippen LogP contribution in [0.5, 0.6) is 11.5 Å². The number of para-hydroxylation sites is 1. The highest BCUT2D eigenvalue weighted by atomic mass is 32.2. The van der Waals surface area contributed by atoms with E-state index in [1.165, 1.54) is 21.1 Å². The molecule has 0 aliphatic carbocycles. The summed E-state index contributed by atoms with van der Waals surface area (Å²) in [6.07, 6.45) is 1.84. The second-order valence-corrected chi connectivity index (χ2v) is 10.4. The Morgan fingerprint density at radius 3 is 2.28 bits per heavy atom. The largest absolute Gasteiger partial charge is 0.494 e. The summed E-state index contributed by atoms with van der Waals surface area (Å²) < 4.78 is 39.6. The molecule has 4 aromatic rings. The van der Waals surface area contributed by atoms with E-state index in [2.05, 4.69) is 25.4 Å². The molecule has 3 aromatic heterocycles. The van der Waals surface area contributed by atoms with Gasteiger partial charge in [-0.25, -0.2) is 8.42 Å². The zero-order valence-corrected chi connectivity index (χ0v) is 21.0. The fraction of sp³-hybridized carbons (Fsp3) is 0.292. The number of aliphatic hydroxyl groups is 1. The van der Waals surface area contributed by atoms with Crippen LogP contribution in [-0.4, -0.2) is 62.9 Å². The van der Waals surface area contributed by atoms with E-state index >= 15 is 0 Å². The molecule has 4 rings (SSSR count). The van der Waals surface area contributed by atoms with Gasteiger partial charge in [-0.3, -0.25) is 9.55 Å². The maximum Gasteiger partial charge on any atom is 0.170 e. The highest BCUT2D eigenvalue weighted by Crippen LogP contribution is 2.37. The monoisotopic (exact) mass is 510 g/mol. The van der Waals surface area contributed by atoms with Gasteiger partial charge >= 0.3 is 0 Å². The number of rotatable bonds is 9. The number of pyridine rings is 1. The van der Waals surface area contributed by atoms with Crippen LogP contribution in [0.15, 0.2) is 54.9 Å². The predicted molar refractivity (Wildman–Crippen MR) is 132 cm³/mol. The van der Waals surface area contributed by atoms with Crippen LogP contribution in [0.1, 0.15) is 30.2 Å². The molecule has 0 radical (unpaired) electrons. The van der Waals surface area contributed by atoms with Crippen LogP contribution in [-0.2, 0) is 15.6 Å². The van der Waals surface area contributed by atoms with Gasteiger partial charge in [0.25, 0.3) is 0 Å². The smallest absolute Gasteiger partial charge is 0.170 e. The lowest BCUT2D eigenvalue weighted by Gasteiger charge is -2.20. The first kappa shape index (κ1) is 25.2. The van der Waals surface area contributed by atoms with E-state index in [0.717, 1.165) is 0 Å². The summed E-state index contributed by atoms with van der Waals surface area (Å²) in [5, 5.41) is 25.9. The highest BCUT2D eigenvalue weighted by molar-refractivity contribution is 7.91. The van der Waals surface area contributed by atoms with E-state index in [0.29, 0.717) is 34.3 Å². The molecule has 0 bridgehead atoms. The molecule has 0 fully saturated rings. The van der Waals surface area contributed by atoms with Crippen molar-refractivity contribution in [1.29, 1.82) is 0 Å². The third-order valence-corrected chi connectivity index (χ3v) is 7.79. The number of sulfone groups is 1. The quantitative estimate of drug-likeness (QED) is 0.357. The summed E-state index contributed by atoms with van der Waals surface area (Å²) in [4.78, 5) is 4.15. The molecule has 0 aliphatic heterocycles. The van der Waals surface area contributed by atoms with E-state index in [1.807, 2.05) is 0 Å². The zero-order chi connectivity index (χ0) is 25.9. The van der Waals surface area contributed by atoms with Crippen molar-refractivity contribution in [3.05, 3.63) is 72.1 Å². The van der Waals surface area contributed by atoms with Gasteiger partial charge in [0.05, 0.1) is 30.9 Å². The van der Waals surface area contributed by atoms with Crippen molar-refractivity contribution in [3.63, 3.8) is 0 Å². The maximum absolute atomic E-state index is 13.5. The second kappa shape index (κ2) is 10.4. The van der Waals surface area contributed by atoms with Crippen molar-refractivity contribution in [2.75, 3.05) is 14.2 Å². The number of hydrogen-bond acceptors (Lipinski definition) is 10. The molecule has 0 unspecified atom stereocenters. The summed E-state index contributed by atoms with van der Waals surface area (Å²) in [5.41, 5.74) is 1.88. The fourth-order valence-electron chi connectivity index (χ4n) is 3.69. The van der Waals surface area contributed by atoms with Crippen LogP contribution >= 0.6 is 0 Å². The van der Waals surface area contributed by atoms with E-state index in [9.17, 15) is 13.5 Å². The number of aromatic nitrogens is 6. The van der Waals surface area contributed by atoms with Crippen molar-refractivity contribution >= 4 is 9.84 Å². The molecule has 0 amide bonds. The van der Waals surface area contributed by atoms with Crippen LogP contribution in [0, 0.1) is 6.92 Å². The van der Waals surface area contributed by atoms with Gasteiger partial charge in [0, 0.05) is 18.0 Å². The molecular weight excluding hydrogens is 484 g/mol. The van der Waals surface area contributed by atoms with Crippen molar-refractivity contribution < 1.29 is 23.0 Å². The summed E-state index contributed by atoms with van der Waals surface area (Å²) in [7, 11) is -0.940. The van der Waals surface area contributed by atoms with Crippen molar-refractivity contribution in [2.24, 2.45) is 0 Å². The van der Waals surface area contributed by atoms with Crippen molar-refractivity contribution in [1.82, 2.24) is 29.9 Å². The molecule has 1 aromatic carbocycles. The van der Waals surface area contributed by atoms with Crippen LogP contribution in [0.2, 0.25) is 0 Å². The predicted octanol–water partition coefficient (Wildman–Crippen LogP) is 2.48. The molecule has 0 saturated carbocycles. The number of methoxy groups -OCH3 is 2. The van der Waals surface area contributed by atoms with Crippen molar-refractivity contribution in [2.45, 2.75) is 31.0 Å². The van der Waals surface area contributed by atoms with Gasteiger partial charge in [-0.1, -0.05) is 6.07 Å². The topological polar surface area (TPSA) is 142 Å². The van der Waals surface area contributed by atoms with Gasteiger partial charge in [0.2, 0.25) is 0 Å². The number of aryl methyl sites for hydroxylation is 1. The Hall–Kier alpha value is -3.90. The van der Waals surface area contributed by atoms with Gasteiger partial charge in [-0.15, -0.1) is 10.2 Å². The van der Waals surface area contributed by atoms with Crippen LogP contribution in [0.4, 0.5) is 0 Å². The molecular formula is C24H26N6O5S. The molecule has 36 heavy (non-hydrogen) atoms. The number of hydrogen-bond donors (Lipinski definition) is 1. The first-order chi connectivity index (χ1) is 17.3. The number of nitrogens with zero attached hydrogens (tertiary/aromatic N) is 6. The normalized spacial score (nSPS) is 13.2. The second-order valence-electron chi connectivity index (χ2n) is 8.08. The standard InChI is InChI=1S/C24H26N6O5S/c1-15-10-11-18(27-26-15)23(31)16(2)36(32,33)14-21-28-29-24(17-7-6-12-25-13-17)30(21)22-19(34-3)8-5-9-20(22)35-4/h5-13,16,23,31H,14H2,1-4H3/t16-,23-/m1/s1. The van der Waals surface area contributed by atoms with E-state index in [-0.39, 0.29) is 11.5 Å². The first-order valence-corrected chi connectivity index (χ1v) is 12.7. The Balaban J connectivity index is 1.81. The van der Waals surface area contributed by atoms with Gasteiger partial charge < -0.3 is 14.6 Å². The molecule has 2 atom stereocenters. The summed E-state index contributed by atoms with van der Waals surface area (Å²) in [6, 6.07) is 12.0. The lowest BCUT2D eigenvalue weighted by atomic mass is 10.2. The van der Waals surface area contributed by atoms with Crippen molar-refractivity contribution in [3.8, 4) is 28.6 Å².